The average molecular weight is 240 g/mol. The fraction of sp³-hybridized carbons (Fsp3) is 0.545. The lowest BCUT2D eigenvalue weighted by atomic mass is 10.1. The lowest BCUT2D eigenvalue weighted by Gasteiger charge is -2.18. The first kappa shape index (κ1) is 11.4. The summed E-state index contributed by atoms with van der Waals surface area (Å²) in [6.45, 7) is 0.144. The molecular weight excluding hydrogens is 224 g/mol. The SMILES string of the molecule is Nc1ccsc1C(=O)NC1CCCC1CO. The van der Waals surface area contributed by atoms with Crippen molar-refractivity contribution in [3.05, 3.63) is 16.3 Å². The van der Waals surface area contributed by atoms with Gasteiger partial charge >= 0.3 is 0 Å². The Morgan fingerprint density at radius 1 is 1.62 bits per heavy atom. The summed E-state index contributed by atoms with van der Waals surface area (Å²) in [6, 6.07) is 1.83. The van der Waals surface area contributed by atoms with Crippen molar-refractivity contribution in [2.75, 3.05) is 12.3 Å². The predicted molar refractivity (Wildman–Crippen MR) is 64.4 cm³/mol. The van der Waals surface area contributed by atoms with Gasteiger partial charge < -0.3 is 16.2 Å². The second-order valence-corrected chi connectivity index (χ2v) is 5.07. The number of carbonyl (C=O) groups is 1. The number of rotatable bonds is 3. The average Bonchev–Trinajstić information content (AvgIpc) is 2.86. The van der Waals surface area contributed by atoms with Gasteiger partial charge in [0.15, 0.2) is 0 Å². The predicted octanol–water partition coefficient (Wildman–Crippen LogP) is 1.22. The van der Waals surface area contributed by atoms with Crippen LogP contribution in [0.5, 0.6) is 0 Å². The lowest BCUT2D eigenvalue weighted by molar-refractivity contribution is 0.0921. The third-order valence-corrected chi connectivity index (χ3v) is 4.04. The highest BCUT2D eigenvalue weighted by Crippen LogP contribution is 2.26. The Hall–Kier alpha value is -1.07. The van der Waals surface area contributed by atoms with Crippen molar-refractivity contribution in [1.82, 2.24) is 5.32 Å². The standard InChI is InChI=1S/C11H16N2O2S/c12-8-4-5-16-10(8)11(15)13-9-3-1-2-7(9)6-14/h4-5,7,9,14H,1-3,6,12H2,(H,13,15). The molecule has 1 fully saturated rings. The number of carbonyl (C=O) groups excluding carboxylic acids is 1. The van der Waals surface area contributed by atoms with Gasteiger partial charge in [-0.1, -0.05) is 6.42 Å². The number of aliphatic hydroxyl groups is 1. The molecule has 5 heteroatoms. The van der Waals surface area contributed by atoms with Crippen LogP contribution in [-0.4, -0.2) is 23.7 Å². The van der Waals surface area contributed by atoms with E-state index in [-0.39, 0.29) is 24.5 Å². The largest absolute Gasteiger partial charge is 0.397 e. The van der Waals surface area contributed by atoms with Crippen LogP contribution < -0.4 is 11.1 Å². The Morgan fingerprint density at radius 2 is 2.44 bits per heavy atom. The number of nitrogens with one attached hydrogen (secondary N) is 1. The van der Waals surface area contributed by atoms with Crippen LogP contribution in [0.25, 0.3) is 0 Å². The Bertz CT molecular complexity index is 378. The summed E-state index contributed by atoms with van der Waals surface area (Å²) >= 11 is 1.35. The molecule has 0 radical (unpaired) electrons. The van der Waals surface area contributed by atoms with Gasteiger partial charge in [0.05, 0.1) is 5.69 Å². The molecule has 1 aromatic heterocycles. The zero-order chi connectivity index (χ0) is 11.5. The monoisotopic (exact) mass is 240 g/mol. The summed E-state index contributed by atoms with van der Waals surface area (Å²) in [6.07, 6.45) is 3.00. The molecule has 2 atom stereocenters. The maximum atomic E-state index is 11.9. The number of hydrogen-bond donors (Lipinski definition) is 3. The second kappa shape index (κ2) is 4.84. The smallest absolute Gasteiger partial charge is 0.263 e. The van der Waals surface area contributed by atoms with Crippen molar-refractivity contribution >= 4 is 22.9 Å². The Kier molecular flexibility index (Phi) is 3.46. The summed E-state index contributed by atoms with van der Waals surface area (Å²) in [5, 5.41) is 13.9. The van der Waals surface area contributed by atoms with Crippen LogP contribution >= 0.6 is 11.3 Å². The molecule has 1 aliphatic rings. The van der Waals surface area contributed by atoms with Crippen molar-refractivity contribution in [3.63, 3.8) is 0 Å². The fourth-order valence-electron chi connectivity index (χ4n) is 2.18. The Morgan fingerprint density at radius 3 is 3.06 bits per heavy atom. The molecule has 2 unspecified atom stereocenters. The van der Waals surface area contributed by atoms with E-state index in [0.29, 0.717) is 10.6 Å². The number of nitrogens with two attached hydrogens (primary N) is 1. The molecule has 4 N–H and O–H groups in total. The van der Waals surface area contributed by atoms with Crippen LogP contribution in [0.1, 0.15) is 28.9 Å². The molecule has 88 valence electrons. The number of hydrogen-bond acceptors (Lipinski definition) is 4. The molecule has 1 aromatic rings. The Balaban J connectivity index is 2.00. The molecule has 0 aliphatic heterocycles. The van der Waals surface area contributed by atoms with E-state index in [0.717, 1.165) is 19.3 Å². The topological polar surface area (TPSA) is 75.4 Å². The number of thiophene rings is 1. The third kappa shape index (κ3) is 2.20. The second-order valence-electron chi connectivity index (χ2n) is 4.16. The first-order valence-corrected chi connectivity index (χ1v) is 6.35. The van der Waals surface area contributed by atoms with Crippen molar-refractivity contribution in [2.24, 2.45) is 5.92 Å². The zero-order valence-corrected chi connectivity index (χ0v) is 9.80. The number of amides is 1. The van der Waals surface area contributed by atoms with Gasteiger partial charge in [0.2, 0.25) is 0 Å². The van der Waals surface area contributed by atoms with E-state index >= 15 is 0 Å². The summed E-state index contributed by atoms with van der Waals surface area (Å²) in [7, 11) is 0. The van der Waals surface area contributed by atoms with Gasteiger partial charge in [-0.15, -0.1) is 11.3 Å². The molecule has 1 amide bonds. The molecule has 4 nitrogen and oxygen atoms in total. The minimum absolute atomic E-state index is 0.0963. The van der Waals surface area contributed by atoms with Crippen molar-refractivity contribution in [1.29, 1.82) is 0 Å². The van der Waals surface area contributed by atoms with E-state index in [9.17, 15) is 4.79 Å². The van der Waals surface area contributed by atoms with Gasteiger partial charge in [-0.3, -0.25) is 4.79 Å². The molecule has 0 spiro atoms. The fourth-order valence-corrected chi connectivity index (χ4v) is 2.90. The number of nitrogen functional groups attached to an aromatic ring is 1. The van der Waals surface area contributed by atoms with Crippen molar-refractivity contribution < 1.29 is 9.90 Å². The Labute approximate surface area is 98.5 Å². The zero-order valence-electron chi connectivity index (χ0n) is 8.98. The number of anilines is 1. The van der Waals surface area contributed by atoms with Crippen LogP contribution in [0.2, 0.25) is 0 Å². The van der Waals surface area contributed by atoms with E-state index in [4.69, 9.17) is 10.8 Å². The molecule has 1 aliphatic carbocycles. The summed E-state index contributed by atoms with van der Waals surface area (Å²) < 4.78 is 0. The molecule has 16 heavy (non-hydrogen) atoms. The molecule has 0 saturated heterocycles. The van der Waals surface area contributed by atoms with Crippen molar-refractivity contribution in [2.45, 2.75) is 25.3 Å². The molecule has 0 aromatic carbocycles. The third-order valence-electron chi connectivity index (χ3n) is 3.11. The quantitative estimate of drug-likeness (QED) is 0.743. The lowest BCUT2D eigenvalue weighted by Crippen LogP contribution is -2.38. The van der Waals surface area contributed by atoms with Gasteiger partial charge in [-0.05, 0) is 24.3 Å². The van der Waals surface area contributed by atoms with E-state index in [1.54, 1.807) is 6.07 Å². The highest BCUT2D eigenvalue weighted by molar-refractivity contribution is 7.12. The molecule has 2 rings (SSSR count). The van der Waals surface area contributed by atoms with Gasteiger partial charge in [0.25, 0.3) is 5.91 Å². The first-order chi connectivity index (χ1) is 7.72. The van der Waals surface area contributed by atoms with Gasteiger partial charge in [0, 0.05) is 18.6 Å². The van der Waals surface area contributed by atoms with Gasteiger partial charge in [-0.25, -0.2) is 0 Å². The molecule has 1 saturated carbocycles. The molecule has 0 bridgehead atoms. The summed E-state index contributed by atoms with van der Waals surface area (Å²) in [4.78, 5) is 12.5. The first-order valence-electron chi connectivity index (χ1n) is 5.47. The summed E-state index contributed by atoms with van der Waals surface area (Å²) in [5.41, 5.74) is 6.21. The minimum Gasteiger partial charge on any atom is -0.397 e. The van der Waals surface area contributed by atoms with E-state index in [1.807, 2.05) is 5.38 Å². The molecular formula is C11H16N2O2S. The number of aliphatic hydroxyl groups excluding tert-OH is 1. The maximum absolute atomic E-state index is 11.9. The summed E-state index contributed by atoms with van der Waals surface area (Å²) in [5.74, 6) is 0.0861. The van der Waals surface area contributed by atoms with Crippen LogP contribution in [0.15, 0.2) is 11.4 Å². The van der Waals surface area contributed by atoms with Crippen LogP contribution in [0, 0.1) is 5.92 Å². The van der Waals surface area contributed by atoms with Gasteiger partial charge in [0.1, 0.15) is 4.88 Å². The van der Waals surface area contributed by atoms with Crippen molar-refractivity contribution in [3.8, 4) is 0 Å². The maximum Gasteiger partial charge on any atom is 0.263 e. The highest BCUT2D eigenvalue weighted by atomic mass is 32.1. The van der Waals surface area contributed by atoms with Gasteiger partial charge in [-0.2, -0.15) is 0 Å². The van der Waals surface area contributed by atoms with Crippen LogP contribution in [-0.2, 0) is 0 Å². The van der Waals surface area contributed by atoms with E-state index in [1.165, 1.54) is 11.3 Å². The van der Waals surface area contributed by atoms with E-state index < -0.39 is 0 Å². The normalized spacial score (nSPS) is 24.6. The van der Waals surface area contributed by atoms with E-state index in [2.05, 4.69) is 5.32 Å². The minimum atomic E-state index is -0.113. The van der Waals surface area contributed by atoms with Crippen LogP contribution in [0.4, 0.5) is 5.69 Å². The highest BCUT2D eigenvalue weighted by Gasteiger charge is 2.28. The molecule has 1 heterocycles. The van der Waals surface area contributed by atoms with Crippen LogP contribution in [0.3, 0.4) is 0 Å².